The molecule has 21 heavy (non-hydrogen) atoms. The lowest BCUT2D eigenvalue weighted by Gasteiger charge is -2.25. The summed E-state index contributed by atoms with van der Waals surface area (Å²) in [7, 11) is 0. The van der Waals surface area contributed by atoms with Crippen molar-refractivity contribution in [3.8, 4) is 0 Å². The van der Waals surface area contributed by atoms with Gasteiger partial charge in [0.25, 0.3) is 0 Å². The number of nitrogens with zero attached hydrogens (tertiary/aromatic N) is 2. The molecule has 7 heteroatoms. The summed E-state index contributed by atoms with van der Waals surface area (Å²) < 4.78 is 0. The number of benzene rings is 1. The van der Waals surface area contributed by atoms with Gasteiger partial charge in [0.15, 0.2) is 5.16 Å². The standard InChI is InChI=1S/C14H19N5OS/c1-14(2,3)11(15)12(20)18-9-4-6-10(7-5-9)21-13-16-8-17-19-13/h4-8,11H,15H2,1-3H3,(H,18,20)(H,16,17,19)/t11-/m1/s1. The molecule has 1 atom stereocenters. The molecular weight excluding hydrogens is 286 g/mol. The van der Waals surface area contributed by atoms with Crippen molar-refractivity contribution < 1.29 is 4.79 Å². The molecule has 0 aliphatic carbocycles. The Kier molecular flexibility index (Phi) is 4.64. The number of amides is 1. The molecule has 1 aromatic carbocycles. The van der Waals surface area contributed by atoms with Crippen LogP contribution in [-0.4, -0.2) is 27.1 Å². The Morgan fingerprint density at radius 2 is 2.00 bits per heavy atom. The van der Waals surface area contributed by atoms with Crippen molar-refractivity contribution in [3.63, 3.8) is 0 Å². The van der Waals surface area contributed by atoms with Crippen LogP contribution < -0.4 is 11.1 Å². The maximum absolute atomic E-state index is 12.0. The first-order valence-electron chi connectivity index (χ1n) is 6.56. The van der Waals surface area contributed by atoms with Crippen LogP contribution >= 0.6 is 11.8 Å². The Morgan fingerprint density at radius 1 is 1.33 bits per heavy atom. The first-order chi connectivity index (χ1) is 9.86. The van der Waals surface area contributed by atoms with Gasteiger partial charge in [-0.1, -0.05) is 32.5 Å². The highest BCUT2D eigenvalue weighted by atomic mass is 32.2. The van der Waals surface area contributed by atoms with Crippen molar-refractivity contribution in [1.29, 1.82) is 0 Å². The number of H-pyrrole nitrogens is 1. The third-order valence-corrected chi connectivity index (χ3v) is 3.84. The number of hydrogen-bond donors (Lipinski definition) is 3. The zero-order valence-corrected chi connectivity index (χ0v) is 13.1. The molecule has 2 rings (SSSR count). The first-order valence-corrected chi connectivity index (χ1v) is 7.37. The summed E-state index contributed by atoms with van der Waals surface area (Å²) in [4.78, 5) is 17.1. The third kappa shape index (κ3) is 4.30. The van der Waals surface area contributed by atoms with E-state index in [1.165, 1.54) is 18.1 Å². The minimum absolute atomic E-state index is 0.182. The molecule has 0 spiro atoms. The van der Waals surface area contributed by atoms with Gasteiger partial charge < -0.3 is 11.1 Å². The van der Waals surface area contributed by atoms with E-state index in [9.17, 15) is 4.79 Å². The Hall–Kier alpha value is -1.86. The number of aromatic nitrogens is 3. The van der Waals surface area contributed by atoms with E-state index in [1.807, 2.05) is 45.0 Å². The summed E-state index contributed by atoms with van der Waals surface area (Å²) >= 11 is 1.47. The van der Waals surface area contributed by atoms with Gasteiger partial charge in [0.1, 0.15) is 6.33 Å². The second kappa shape index (κ2) is 6.28. The summed E-state index contributed by atoms with van der Waals surface area (Å²) in [6.45, 7) is 5.82. The highest BCUT2D eigenvalue weighted by Crippen LogP contribution is 2.25. The Morgan fingerprint density at radius 3 is 2.52 bits per heavy atom. The summed E-state index contributed by atoms with van der Waals surface area (Å²) in [5.74, 6) is -0.182. The lowest BCUT2D eigenvalue weighted by Crippen LogP contribution is -2.45. The highest BCUT2D eigenvalue weighted by molar-refractivity contribution is 7.99. The van der Waals surface area contributed by atoms with Crippen LogP contribution in [0.25, 0.3) is 0 Å². The van der Waals surface area contributed by atoms with Gasteiger partial charge in [0.05, 0.1) is 6.04 Å². The molecule has 0 aliphatic heterocycles. The SMILES string of the molecule is CC(C)(C)[C@H](N)C(=O)Nc1ccc(Sc2ncn[nH]2)cc1. The molecule has 4 N–H and O–H groups in total. The summed E-state index contributed by atoms with van der Waals surface area (Å²) in [6.07, 6.45) is 1.46. The largest absolute Gasteiger partial charge is 0.325 e. The van der Waals surface area contributed by atoms with Gasteiger partial charge in [-0.2, -0.15) is 5.10 Å². The number of rotatable bonds is 4. The van der Waals surface area contributed by atoms with E-state index in [0.29, 0.717) is 0 Å². The number of nitrogens with two attached hydrogens (primary N) is 1. The van der Waals surface area contributed by atoms with Gasteiger partial charge in [0.2, 0.25) is 5.91 Å². The summed E-state index contributed by atoms with van der Waals surface area (Å²) in [5.41, 5.74) is 6.38. The Bertz CT molecular complexity index is 589. The monoisotopic (exact) mass is 305 g/mol. The Balaban J connectivity index is 1.98. The number of aromatic amines is 1. The van der Waals surface area contributed by atoms with Crippen LogP contribution in [0.1, 0.15) is 20.8 Å². The van der Waals surface area contributed by atoms with E-state index in [1.54, 1.807) is 0 Å². The average molecular weight is 305 g/mol. The smallest absolute Gasteiger partial charge is 0.241 e. The lowest BCUT2D eigenvalue weighted by atomic mass is 9.87. The van der Waals surface area contributed by atoms with E-state index in [-0.39, 0.29) is 11.3 Å². The predicted octanol–water partition coefficient (Wildman–Crippen LogP) is 2.27. The van der Waals surface area contributed by atoms with E-state index < -0.39 is 6.04 Å². The molecule has 1 aromatic heterocycles. The number of carbonyl (C=O) groups excluding carboxylic acids is 1. The fraction of sp³-hybridized carbons (Fsp3) is 0.357. The Labute approximate surface area is 127 Å². The van der Waals surface area contributed by atoms with Crippen LogP contribution in [0.4, 0.5) is 5.69 Å². The number of carbonyl (C=O) groups is 1. The van der Waals surface area contributed by atoms with Crippen molar-refractivity contribution >= 4 is 23.4 Å². The minimum Gasteiger partial charge on any atom is -0.325 e. The van der Waals surface area contributed by atoms with Gasteiger partial charge in [-0.05, 0) is 29.7 Å². The predicted molar refractivity (Wildman–Crippen MR) is 83.0 cm³/mol. The van der Waals surface area contributed by atoms with Gasteiger partial charge in [0, 0.05) is 10.6 Å². The van der Waals surface area contributed by atoms with Gasteiger partial charge in [-0.3, -0.25) is 9.89 Å². The molecule has 0 bridgehead atoms. The quantitative estimate of drug-likeness (QED) is 0.805. The van der Waals surface area contributed by atoms with Crippen molar-refractivity contribution in [2.24, 2.45) is 11.1 Å². The zero-order valence-electron chi connectivity index (χ0n) is 12.3. The molecule has 1 amide bonds. The van der Waals surface area contributed by atoms with Crippen LogP contribution in [0.5, 0.6) is 0 Å². The maximum atomic E-state index is 12.0. The molecule has 6 nitrogen and oxygen atoms in total. The molecule has 0 saturated heterocycles. The van der Waals surface area contributed by atoms with Gasteiger partial charge >= 0.3 is 0 Å². The second-order valence-electron chi connectivity index (χ2n) is 5.75. The van der Waals surface area contributed by atoms with Crippen molar-refractivity contribution in [1.82, 2.24) is 15.2 Å². The van der Waals surface area contributed by atoms with Crippen LogP contribution in [0.15, 0.2) is 40.6 Å². The average Bonchev–Trinajstić information content (AvgIpc) is 2.92. The zero-order chi connectivity index (χ0) is 15.5. The molecule has 0 saturated carbocycles. The highest BCUT2D eigenvalue weighted by Gasteiger charge is 2.27. The first kappa shape index (κ1) is 15.5. The second-order valence-corrected chi connectivity index (χ2v) is 6.81. The van der Waals surface area contributed by atoms with Crippen molar-refractivity contribution in [2.75, 3.05) is 5.32 Å². The molecule has 1 heterocycles. The van der Waals surface area contributed by atoms with Crippen LogP contribution in [0.3, 0.4) is 0 Å². The van der Waals surface area contributed by atoms with Crippen LogP contribution in [0, 0.1) is 5.41 Å². The molecule has 0 aliphatic rings. The third-order valence-electron chi connectivity index (χ3n) is 2.94. The molecule has 2 aromatic rings. The topological polar surface area (TPSA) is 96.7 Å². The molecular formula is C14H19N5OS. The van der Waals surface area contributed by atoms with E-state index in [2.05, 4.69) is 20.5 Å². The number of hydrogen-bond acceptors (Lipinski definition) is 5. The maximum Gasteiger partial charge on any atom is 0.241 e. The lowest BCUT2D eigenvalue weighted by molar-refractivity contribution is -0.119. The van der Waals surface area contributed by atoms with Gasteiger partial charge in [-0.25, -0.2) is 4.98 Å². The van der Waals surface area contributed by atoms with E-state index in [4.69, 9.17) is 5.73 Å². The van der Waals surface area contributed by atoms with E-state index >= 15 is 0 Å². The van der Waals surface area contributed by atoms with Gasteiger partial charge in [-0.15, -0.1) is 0 Å². The fourth-order valence-electron chi connectivity index (χ4n) is 1.57. The van der Waals surface area contributed by atoms with E-state index in [0.717, 1.165) is 15.7 Å². The van der Waals surface area contributed by atoms with Crippen LogP contribution in [-0.2, 0) is 4.79 Å². The van der Waals surface area contributed by atoms with Crippen LogP contribution in [0.2, 0.25) is 0 Å². The molecule has 0 unspecified atom stereocenters. The number of anilines is 1. The van der Waals surface area contributed by atoms with Crippen molar-refractivity contribution in [3.05, 3.63) is 30.6 Å². The van der Waals surface area contributed by atoms with Crippen molar-refractivity contribution in [2.45, 2.75) is 36.9 Å². The number of nitrogens with one attached hydrogen (secondary N) is 2. The normalized spacial score (nSPS) is 13.0. The summed E-state index contributed by atoms with van der Waals surface area (Å²) in [6, 6.07) is 6.94. The minimum atomic E-state index is -0.555. The molecule has 0 fully saturated rings. The summed E-state index contributed by atoms with van der Waals surface area (Å²) in [5, 5.41) is 10.1. The molecule has 112 valence electrons. The fourth-order valence-corrected chi connectivity index (χ4v) is 2.27. The molecule has 0 radical (unpaired) electrons.